The molecule has 2 rings (SSSR count). The Labute approximate surface area is 123 Å². The lowest BCUT2D eigenvalue weighted by Gasteiger charge is -2.17. The van der Waals surface area contributed by atoms with E-state index in [1.165, 1.54) is 0 Å². The number of rotatable bonds is 6. The Morgan fingerprint density at radius 1 is 1.40 bits per heavy atom. The summed E-state index contributed by atoms with van der Waals surface area (Å²) in [4.78, 5) is 24.9. The van der Waals surface area contributed by atoms with Crippen molar-refractivity contribution in [3.8, 4) is 0 Å². The number of aromatic carboxylic acids is 1. The normalized spacial score (nSPS) is 13.3. The molecule has 0 saturated carbocycles. The van der Waals surface area contributed by atoms with E-state index in [2.05, 4.69) is 6.92 Å². The van der Waals surface area contributed by atoms with E-state index in [9.17, 15) is 9.59 Å². The molecule has 1 N–H and O–H groups in total. The number of carboxylic acids is 1. The first-order valence-electron chi connectivity index (χ1n) is 6.87. The monoisotopic (exact) mass is 293 g/mol. The van der Waals surface area contributed by atoms with Crippen molar-refractivity contribution in [2.45, 2.75) is 26.2 Å². The molecule has 4 nitrogen and oxygen atoms in total. The molecule has 0 aromatic heterocycles. The van der Waals surface area contributed by atoms with Gasteiger partial charge >= 0.3 is 5.97 Å². The van der Waals surface area contributed by atoms with Gasteiger partial charge in [-0.05, 0) is 36.3 Å². The molecule has 1 aromatic rings. The fraction of sp³-hybridized carbons (Fsp3) is 0.467. The van der Waals surface area contributed by atoms with Crippen molar-refractivity contribution in [3.05, 3.63) is 29.3 Å². The summed E-state index contributed by atoms with van der Waals surface area (Å²) in [6, 6.07) is 5.03. The summed E-state index contributed by atoms with van der Waals surface area (Å²) in [5.41, 5.74) is 2.06. The predicted molar refractivity (Wildman–Crippen MR) is 81.7 cm³/mol. The van der Waals surface area contributed by atoms with E-state index in [0.717, 1.165) is 36.3 Å². The number of nitrogens with zero attached hydrogens (tertiary/aromatic N) is 1. The Kier molecular flexibility index (Phi) is 5.06. The summed E-state index contributed by atoms with van der Waals surface area (Å²) in [5, 5.41) is 9.03. The van der Waals surface area contributed by atoms with E-state index >= 15 is 0 Å². The lowest BCUT2D eigenvalue weighted by atomic mass is 10.1. The Morgan fingerprint density at radius 3 is 2.90 bits per heavy atom. The zero-order valence-corrected chi connectivity index (χ0v) is 12.4. The maximum Gasteiger partial charge on any atom is 0.335 e. The Morgan fingerprint density at radius 2 is 2.20 bits per heavy atom. The minimum Gasteiger partial charge on any atom is -0.478 e. The maximum atomic E-state index is 12.2. The van der Waals surface area contributed by atoms with Crippen LogP contribution in [-0.2, 0) is 11.2 Å². The molecule has 0 atom stereocenters. The van der Waals surface area contributed by atoms with E-state index in [4.69, 9.17) is 5.11 Å². The molecule has 5 heteroatoms. The van der Waals surface area contributed by atoms with Gasteiger partial charge in [0.2, 0.25) is 5.91 Å². The predicted octanol–water partition coefficient (Wildman–Crippen LogP) is 2.81. The highest BCUT2D eigenvalue weighted by molar-refractivity contribution is 7.99. The van der Waals surface area contributed by atoms with Gasteiger partial charge in [-0.1, -0.05) is 19.4 Å². The molecule has 1 heterocycles. The summed E-state index contributed by atoms with van der Waals surface area (Å²) < 4.78 is 0. The molecular formula is C15H19NO3S. The van der Waals surface area contributed by atoms with Crippen molar-refractivity contribution in [1.29, 1.82) is 0 Å². The Bertz CT molecular complexity index is 516. The SMILES string of the molecule is CCCCSCC(=O)N1CCc2ccc(C(=O)O)cc21. The zero-order valence-electron chi connectivity index (χ0n) is 11.6. The van der Waals surface area contributed by atoms with Crippen LogP contribution in [0.25, 0.3) is 0 Å². The number of carbonyl (C=O) groups is 2. The van der Waals surface area contributed by atoms with Crippen molar-refractivity contribution >= 4 is 29.3 Å². The van der Waals surface area contributed by atoms with Gasteiger partial charge in [0.05, 0.1) is 11.3 Å². The van der Waals surface area contributed by atoms with E-state index < -0.39 is 5.97 Å². The number of benzene rings is 1. The molecule has 0 unspecified atom stereocenters. The molecule has 0 radical (unpaired) electrons. The van der Waals surface area contributed by atoms with E-state index in [1.807, 2.05) is 6.07 Å². The third-order valence-corrected chi connectivity index (χ3v) is 4.43. The second-order valence-corrected chi connectivity index (χ2v) is 5.96. The van der Waals surface area contributed by atoms with Gasteiger partial charge < -0.3 is 10.0 Å². The van der Waals surface area contributed by atoms with Gasteiger partial charge in [0.15, 0.2) is 0 Å². The number of fused-ring (bicyclic) bond motifs is 1. The fourth-order valence-electron chi connectivity index (χ4n) is 2.26. The first-order chi connectivity index (χ1) is 9.63. The van der Waals surface area contributed by atoms with Gasteiger partial charge in [0.1, 0.15) is 0 Å². The molecule has 0 aliphatic carbocycles. The summed E-state index contributed by atoms with van der Waals surface area (Å²) >= 11 is 1.65. The van der Waals surface area contributed by atoms with Crippen LogP contribution < -0.4 is 4.90 Å². The van der Waals surface area contributed by atoms with Crippen LogP contribution in [-0.4, -0.2) is 35.0 Å². The van der Waals surface area contributed by atoms with Gasteiger partial charge in [0.25, 0.3) is 0 Å². The summed E-state index contributed by atoms with van der Waals surface area (Å²) in [6.07, 6.45) is 3.06. The minimum absolute atomic E-state index is 0.0763. The van der Waals surface area contributed by atoms with Crippen molar-refractivity contribution in [1.82, 2.24) is 0 Å². The molecule has 1 amide bonds. The van der Waals surface area contributed by atoms with E-state index in [0.29, 0.717) is 12.3 Å². The van der Waals surface area contributed by atoms with Crippen LogP contribution in [0.5, 0.6) is 0 Å². The van der Waals surface area contributed by atoms with Crippen LogP contribution in [0.1, 0.15) is 35.7 Å². The number of unbranched alkanes of at least 4 members (excludes halogenated alkanes) is 1. The molecule has 20 heavy (non-hydrogen) atoms. The minimum atomic E-state index is -0.954. The zero-order chi connectivity index (χ0) is 14.5. The number of hydrogen-bond donors (Lipinski definition) is 1. The van der Waals surface area contributed by atoms with Gasteiger partial charge in [-0.3, -0.25) is 4.79 Å². The highest BCUT2D eigenvalue weighted by atomic mass is 32.2. The smallest absolute Gasteiger partial charge is 0.335 e. The molecule has 0 spiro atoms. The van der Waals surface area contributed by atoms with Gasteiger partial charge in [-0.2, -0.15) is 11.8 Å². The lowest BCUT2D eigenvalue weighted by Crippen LogP contribution is -2.30. The van der Waals surface area contributed by atoms with Crippen molar-refractivity contribution in [2.75, 3.05) is 23.0 Å². The number of anilines is 1. The molecule has 0 bridgehead atoms. The van der Waals surface area contributed by atoms with Gasteiger partial charge in [0, 0.05) is 12.2 Å². The number of amides is 1. The number of hydrogen-bond acceptors (Lipinski definition) is 3. The molecular weight excluding hydrogens is 274 g/mol. The lowest BCUT2D eigenvalue weighted by molar-refractivity contribution is -0.116. The topological polar surface area (TPSA) is 57.6 Å². The van der Waals surface area contributed by atoms with Gasteiger partial charge in [-0.15, -0.1) is 0 Å². The van der Waals surface area contributed by atoms with Crippen LogP contribution in [0, 0.1) is 0 Å². The standard InChI is InChI=1S/C15H19NO3S/c1-2-3-8-20-10-14(17)16-7-6-11-4-5-12(15(18)19)9-13(11)16/h4-5,9H,2-3,6-8,10H2,1H3,(H,18,19). The average molecular weight is 293 g/mol. The first kappa shape index (κ1) is 14.9. The first-order valence-corrected chi connectivity index (χ1v) is 8.03. The van der Waals surface area contributed by atoms with Crippen LogP contribution in [0.3, 0.4) is 0 Å². The largest absolute Gasteiger partial charge is 0.478 e. The third-order valence-electron chi connectivity index (χ3n) is 3.40. The molecule has 1 aliphatic heterocycles. The Balaban J connectivity index is 2.04. The maximum absolute atomic E-state index is 12.2. The van der Waals surface area contributed by atoms with E-state index in [1.54, 1.807) is 28.8 Å². The summed E-state index contributed by atoms with van der Waals surface area (Å²) in [5.74, 6) is 0.589. The number of carbonyl (C=O) groups excluding carboxylic acids is 1. The number of thioether (sulfide) groups is 1. The molecule has 108 valence electrons. The molecule has 0 saturated heterocycles. The van der Waals surface area contributed by atoms with Crippen LogP contribution in [0.15, 0.2) is 18.2 Å². The highest BCUT2D eigenvalue weighted by Crippen LogP contribution is 2.29. The van der Waals surface area contributed by atoms with Crippen LogP contribution in [0.2, 0.25) is 0 Å². The van der Waals surface area contributed by atoms with E-state index in [-0.39, 0.29) is 11.5 Å². The van der Waals surface area contributed by atoms with Crippen LogP contribution >= 0.6 is 11.8 Å². The Hall–Kier alpha value is -1.49. The summed E-state index contributed by atoms with van der Waals surface area (Å²) in [6.45, 7) is 2.79. The molecule has 1 aliphatic rings. The van der Waals surface area contributed by atoms with Crippen molar-refractivity contribution in [3.63, 3.8) is 0 Å². The van der Waals surface area contributed by atoms with Crippen molar-refractivity contribution in [2.24, 2.45) is 0 Å². The fourth-order valence-corrected chi connectivity index (χ4v) is 3.22. The number of carboxylic acid groups (broad SMARTS) is 1. The summed E-state index contributed by atoms with van der Waals surface area (Å²) in [7, 11) is 0. The third kappa shape index (κ3) is 3.33. The second kappa shape index (κ2) is 6.79. The van der Waals surface area contributed by atoms with Crippen LogP contribution in [0.4, 0.5) is 5.69 Å². The quantitative estimate of drug-likeness (QED) is 0.819. The average Bonchev–Trinajstić information content (AvgIpc) is 2.86. The molecule has 0 fully saturated rings. The molecule has 1 aromatic carbocycles. The highest BCUT2D eigenvalue weighted by Gasteiger charge is 2.25. The second-order valence-electron chi connectivity index (χ2n) is 4.85. The van der Waals surface area contributed by atoms with Crippen molar-refractivity contribution < 1.29 is 14.7 Å². The van der Waals surface area contributed by atoms with Gasteiger partial charge in [-0.25, -0.2) is 4.79 Å².